The number of para-hydroxylation sites is 3. The topological polar surface area (TPSA) is 64.0 Å². The number of anilines is 1. The Bertz CT molecular complexity index is 905. The Balaban J connectivity index is 1.90. The molecule has 0 fully saturated rings. The van der Waals surface area contributed by atoms with Gasteiger partial charge < -0.3 is 5.32 Å². The Morgan fingerprint density at radius 3 is 2.68 bits per heavy atom. The molecule has 1 N–H and O–H groups in total. The molecule has 110 valence electrons. The quantitative estimate of drug-likeness (QED) is 0.783. The number of hydrogen-bond donors (Lipinski definition) is 1. The smallest absolute Gasteiger partial charge is 0.269 e. The van der Waals surface area contributed by atoms with E-state index in [-0.39, 0.29) is 18.0 Å². The highest BCUT2D eigenvalue weighted by Crippen LogP contribution is 2.21. The average molecular weight is 358 g/mol. The maximum absolute atomic E-state index is 12.2. The molecule has 3 rings (SSSR count). The van der Waals surface area contributed by atoms with Crippen molar-refractivity contribution in [3.63, 3.8) is 0 Å². The number of rotatable bonds is 3. The van der Waals surface area contributed by atoms with Crippen molar-refractivity contribution in [1.82, 2.24) is 9.55 Å². The molecule has 0 aliphatic rings. The van der Waals surface area contributed by atoms with E-state index in [9.17, 15) is 9.59 Å². The Morgan fingerprint density at radius 2 is 1.86 bits per heavy atom. The Morgan fingerprint density at radius 1 is 1.14 bits per heavy atom. The lowest BCUT2D eigenvalue weighted by Gasteiger charge is -2.10. The van der Waals surface area contributed by atoms with Crippen LogP contribution in [-0.2, 0) is 11.3 Å². The van der Waals surface area contributed by atoms with Gasteiger partial charge in [-0.15, -0.1) is 0 Å². The average Bonchev–Trinajstić information content (AvgIpc) is 2.52. The molecule has 0 bridgehead atoms. The second-order valence-corrected chi connectivity index (χ2v) is 5.55. The first-order chi connectivity index (χ1) is 10.6. The third-order valence-electron chi connectivity index (χ3n) is 3.20. The van der Waals surface area contributed by atoms with Gasteiger partial charge in [-0.2, -0.15) is 0 Å². The third kappa shape index (κ3) is 2.92. The SMILES string of the molecule is O=C(Cn1c(=O)cnc2ccccc21)Nc1ccccc1Br. The van der Waals surface area contributed by atoms with Crippen LogP contribution in [0.15, 0.2) is 64.0 Å². The summed E-state index contributed by atoms with van der Waals surface area (Å²) in [6.07, 6.45) is 1.23. The minimum atomic E-state index is -0.305. The van der Waals surface area contributed by atoms with E-state index in [0.29, 0.717) is 16.7 Å². The van der Waals surface area contributed by atoms with Gasteiger partial charge in [-0.05, 0) is 40.2 Å². The second-order valence-electron chi connectivity index (χ2n) is 4.70. The van der Waals surface area contributed by atoms with E-state index >= 15 is 0 Å². The summed E-state index contributed by atoms with van der Waals surface area (Å²) in [5, 5.41) is 2.78. The first kappa shape index (κ1) is 14.5. The van der Waals surface area contributed by atoms with E-state index in [0.717, 1.165) is 4.47 Å². The molecule has 22 heavy (non-hydrogen) atoms. The van der Waals surface area contributed by atoms with Crippen molar-refractivity contribution in [3.8, 4) is 0 Å². The maximum atomic E-state index is 12.2. The van der Waals surface area contributed by atoms with Crippen LogP contribution in [0.25, 0.3) is 11.0 Å². The maximum Gasteiger partial charge on any atom is 0.269 e. The zero-order valence-corrected chi connectivity index (χ0v) is 13.1. The number of halogens is 1. The van der Waals surface area contributed by atoms with E-state index in [2.05, 4.69) is 26.2 Å². The van der Waals surface area contributed by atoms with Gasteiger partial charge in [0.25, 0.3) is 5.56 Å². The van der Waals surface area contributed by atoms with Gasteiger partial charge in [0.15, 0.2) is 0 Å². The van der Waals surface area contributed by atoms with Gasteiger partial charge in [-0.1, -0.05) is 24.3 Å². The summed E-state index contributed by atoms with van der Waals surface area (Å²) in [6, 6.07) is 14.5. The molecule has 1 heterocycles. The fraction of sp³-hybridized carbons (Fsp3) is 0.0625. The Labute approximate surface area is 134 Å². The van der Waals surface area contributed by atoms with Crippen LogP contribution in [0.2, 0.25) is 0 Å². The Hall–Kier alpha value is -2.47. The van der Waals surface area contributed by atoms with Crippen molar-refractivity contribution >= 4 is 38.6 Å². The Kier molecular flexibility index (Phi) is 4.02. The van der Waals surface area contributed by atoms with Gasteiger partial charge in [0.05, 0.1) is 22.9 Å². The number of carbonyl (C=O) groups excluding carboxylic acids is 1. The molecule has 0 unspecified atom stereocenters. The van der Waals surface area contributed by atoms with Gasteiger partial charge in [0, 0.05) is 4.47 Å². The molecule has 0 atom stereocenters. The molecule has 0 radical (unpaired) electrons. The van der Waals surface area contributed by atoms with Crippen molar-refractivity contribution < 1.29 is 4.79 Å². The highest BCUT2D eigenvalue weighted by atomic mass is 79.9. The first-order valence-corrected chi connectivity index (χ1v) is 7.43. The van der Waals surface area contributed by atoms with Gasteiger partial charge in [-0.3, -0.25) is 14.2 Å². The van der Waals surface area contributed by atoms with E-state index in [4.69, 9.17) is 0 Å². The number of amides is 1. The minimum absolute atomic E-state index is 0.0663. The highest BCUT2D eigenvalue weighted by molar-refractivity contribution is 9.10. The van der Waals surface area contributed by atoms with Crippen LogP contribution in [0.4, 0.5) is 5.69 Å². The third-order valence-corrected chi connectivity index (χ3v) is 3.89. The fourth-order valence-corrected chi connectivity index (χ4v) is 2.56. The molecular weight excluding hydrogens is 346 g/mol. The highest BCUT2D eigenvalue weighted by Gasteiger charge is 2.10. The lowest BCUT2D eigenvalue weighted by atomic mass is 10.3. The van der Waals surface area contributed by atoms with Crippen LogP contribution >= 0.6 is 15.9 Å². The fourth-order valence-electron chi connectivity index (χ4n) is 2.17. The van der Waals surface area contributed by atoms with Crippen LogP contribution < -0.4 is 10.9 Å². The summed E-state index contributed by atoms with van der Waals surface area (Å²) >= 11 is 3.37. The lowest BCUT2D eigenvalue weighted by Crippen LogP contribution is -2.28. The van der Waals surface area contributed by atoms with Crippen molar-refractivity contribution in [2.24, 2.45) is 0 Å². The number of nitrogens with zero attached hydrogens (tertiary/aromatic N) is 2. The van der Waals surface area contributed by atoms with Gasteiger partial charge in [-0.25, -0.2) is 4.98 Å². The van der Waals surface area contributed by atoms with Crippen molar-refractivity contribution in [2.45, 2.75) is 6.54 Å². The molecule has 5 nitrogen and oxygen atoms in total. The van der Waals surface area contributed by atoms with Crippen LogP contribution in [0.3, 0.4) is 0 Å². The molecule has 0 spiro atoms. The minimum Gasteiger partial charge on any atom is -0.324 e. The number of carbonyl (C=O) groups is 1. The van der Waals surface area contributed by atoms with Gasteiger partial charge >= 0.3 is 0 Å². The summed E-state index contributed by atoms with van der Waals surface area (Å²) in [5.41, 5.74) is 1.67. The number of hydrogen-bond acceptors (Lipinski definition) is 3. The first-order valence-electron chi connectivity index (χ1n) is 6.64. The number of aromatic nitrogens is 2. The molecule has 1 aromatic heterocycles. The molecule has 0 aliphatic carbocycles. The lowest BCUT2D eigenvalue weighted by molar-refractivity contribution is -0.116. The molecule has 3 aromatic rings. The van der Waals surface area contributed by atoms with Crippen molar-refractivity contribution in [3.05, 3.63) is 69.6 Å². The normalized spacial score (nSPS) is 10.6. The van der Waals surface area contributed by atoms with Crippen molar-refractivity contribution in [1.29, 1.82) is 0 Å². The zero-order valence-electron chi connectivity index (χ0n) is 11.5. The predicted molar refractivity (Wildman–Crippen MR) is 88.8 cm³/mol. The summed E-state index contributed by atoms with van der Waals surface area (Å²) in [6.45, 7) is -0.0663. The summed E-state index contributed by atoms with van der Waals surface area (Å²) in [5.74, 6) is -0.273. The zero-order chi connectivity index (χ0) is 15.5. The monoisotopic (exact) mass is 357 g/mol. The standard InChI is InChI=1S/C16H12BrN3O2/c17-11-5-1-2-6-12(11)19-15(21)10-20-14-8-4-3-7-13(14)18-9-16(20)22/h1-9H,10H2,(H,19,21). The van der Waals surface area contributed by atoms with Crippen LogP contribution in [0.5, 0.6) is 0 Å². The summed E-state index contributed by atoms with van der Waals surface area (Å²) in [4.78, 5) is 28.3. The number of benzene rings is 2. The molecule has 2 aromatic carbocycles. The van der Waals surface area contributed by atoms with Crippen molar-refractivity contribution in [2.75, 3.05) is 5.32 Å². The predicted octanol–water partition coefficient (Wildman–Crippen LogP) is 2.80. The van der Waals surface area contributed by atoms with Gasteiger partial charge in [0.2, 0.25) is 5.91 Å². The van der Waals surface area contributed by atoms with Crippen LogP contribution in [0, 0.1) is 0 Å². The largest absolute Gasteiger partial charge is 0.324 e. The van der Waals surface area contributed by atoms with Crippen LogP contribution in [-0.4, -0.2) is 15.5 Å². The van der Waals surface area contributed by atoms with E-state index in [1.807, 2.05) is 30.3 Å². The molecule has 0 saturated carbocycles. The molecule has 0 saturated heterocycles. The summed E-state index contributed by atoms with van der Waals surface area (Å²) in [7, 11) is 0. The molecular formula is C16H12BrN3O2. The second kappa shape index (κ2) is 6.11. The summed E-state index contributed by atoms with van der Waals surface area (Å²) < 4.78 is 2.20. The van der Waals surface area contributed by atoms with E-state index < -0.39 is 0 Å². The number of nitrogens with one attached hydrogen (secondary N) is 1. The van der Waals surface area contributed by atoms with E-state index in [1.54, 1.807) is 18.2 Å². The van der Waals surface area contributed by atoms with E-state index in [1.165, 1.54) is 10.8 Å². The number of fused-ring (bicyclic) bond motifs is 1. The molecule has 1 amide bonds. The molecule has 0 aliphatic heterocycles. The molecule has 6 heteroatoms. The van der Waals surface area contributed by atoms with Crippen LogP contribution in [0.1, 0.15) is 0 Å². The van der Waals surface area contributed by atoms with Gasteiger partial charge in [0.1, 0.15) is 6.54 Å².